The normalized spacial score (nSPS) is 18.7. The fraction of sp³-hybridized carbons (Fsp3) is 0.250. The van der Waals surface area contributed by atoms with Crippen LogP contribution in [0.4, 0.5) is 14.8 Å². The van der Waals surface area contributed by atoms with E-state index in [-0.39, 0.29) is 35.7 Å². The number of hydrogen-bond acceptors (Lipinski definition) is 6. The van der Waals surface area contributed by atoms with Crippen molar-refractivity contribution in [2.24, 2.45) is 0 Å². The van der Waals surface area contributed by atoms with Crippen LogP contribution in [0.25, 0.3) is 11.5 Å². The standard InChI is InChI=1S/C20H17ClF2N4O3/c1-27-9-13(16-14(22)7-12(29-2)8-15(16)23)17(19(27)28)24-20-26-25-18(30-20)10-3-5-11(21)6-4-10/h3-8,13,17H,9H2,1-2H3,(H,24,26)/t13?,17-/m1/s1. The Labute approximate surface area is 175 Å². The second-order valence-electron chi connectivity index (χ2n) is 6.87. The largest absolute Gasteiger partial charge is 0.497 e. The van der Waals surface area contributed by atoms with Crippen molar-refractivity contribution in [3.8, 4) is 17.2 Å². The van der Waals surface area contributed by atoms with Gasteiger partial charge in [-0.05, 0) is 24.3 Å². The highest BCUT2D eigenvalue weighted by Crippen LogP contribution is 2.35. The van der Waals surface area contributed by atoms with Gasteiger partial charge in [0.05, 0.1) is 7.11 Å². The smallest absolute Gasteiger partial charge is 0.316 e. The Morgan fingerprint density at radius 2 is 1.87 bits per heavy atom. The van der Waals surface area contributed by atoms with Gasteiger partial charge >= 0.3 is 6.01 Å². The highest BCUT2D eigenvalue weighted by Gasteiger charge is 2.43. The van der Waals surface area contributed by atoms with Crippen LogP contribution in [0.3, 0.4) is 0 Å². The Balaban J connectivity index is 1.63. The van der Waals surface area contributed by atoms with Crippen LogP contribution in [-0.4, -0.2) is 47.7 Å². The molecule has 0 spiro atoms. The number of nitrogens with zero attached hydrogens (tertiary/aromatic N) is 3. The topological polar surface area (TPSA) is 80.5 Å². The highest BCUT2D eigenvalue weighted by atomic mass is 35.5. The Hall–Kier alpha value is -3.20. The molecule has 2 atom stereocenters. The van der Waals surface area contributed by atoms with E-state index in [1.807, 2.05) is 0 Å². The lowest BCUT2D eigenvalue weighted by atomic mass is 9.93. The third kappa shape index (κ3) is 3.68. The van der Waals surface area contributed by atoms with E-state index in [4.69, 9.17) is 20.8 Å². The molecule has 2 aromatic carbocycles. The number of nitrogens with one attached hydrogen (secondary N) is 1. The first-order valence-corrected chi connectivity index (χ1v) is 9.39. The number of anilines is 1. The number of benzene rings is 2. The minimum atomic E-state index is -0.981. The van der Waals surface area contributed by atoms with E-state index in [2.05, 4.69) is 15.5 Å². The summed E-state index contributed by atoms with van der Waals surface area (Å²) in [5, 5.41) is 11.2. The molecule has 156 valence electrons. The van der Waals surface area contributed by atoms with Gasteiger partial charge in [-0.3, -0.25) is 4.79 Å². The first-order chi connectivity index (χ1) is 14.4. The van der Waals surface area contributed by atoms with Crippen molar-refractivity contribution in [2.45, 2.75) is 12.0 Å². The zero-order chi connectivity index (χ0) is 21.4. The van der Waals surface area contributed by atoms with Crippen LogP contribution < -0.4 is 10.1 Å². The van der Waals surface area contributed by atoms with Crippen molar-refractivity contribution >= 4 is 23.5 Å². The summed E-state index contributed by atoms with van der Waals surface area (Å²) in [7, 11) is 2.88. The van der Waals surface area contributed by atoms with Crippen molar-refractivity contribution in [3.05, 3.63) is 58.6 Å². The highest BCUT2D eigenvalue weighted by molar-refractivity contribution is 6.30. The summed E-state index contributed by atoms with van der Waals surface area (Å²) in [5.74, 6) is -2.47. The molecule has 30 heavy (non-hydrogen) atoms. The molecule has 1 saturated heterocycles. The minimum absolute atomic E-state index is 0.0343. The van der Waals surface area contributed by atoms with Crippen LogP contribution in [0.15, 0.2) is 40.8 Å². The maximum absolute atomic E-state index is 14.6. The first kappa shape index (κ1) is 20.1. The van der Waals surface area contributed by atoms with E-state index in [9.17, 15) is 13.6 Å². The van der Waals surface area contributed by atoms with E-state index in [1.165, 1.54) is 12.0 Å². The number of likely N-dealkylation sites (N-methyl/N-ethyl adjacent to an activating group) is 1. The number of halogens is 3. The Bertz CT molecular complexity index is 1070. The molecule has 1 aliphatic rings. The molecule has 0 aliphatic carbocycles. The maximum atomic E-state index is 14.6. The van der Waals surface area contributed by atoms with Gasteiger partial charge < -0.3 is 19.4 Å². The van der Waals surface area contributed by atoms with Gasteiger partial charge in [0.25, 0.3) is 0 Å². The molecule has 0 radical (unpaired) electrons. The molecule has 10 heteroatoms. The Kier molecular flexibility index (Phi) is 5.29. The summed E-state index contributed by atoms with van der Waals surface area (Å²) >= 11 is 5.88. The SMILES string of the molecule is COc1cc(F)c(C2CN(C)C(=O)[C@@H]2Nc2nnc(-c3ccc(Cl)cc3)o2)c(F)c1. The van der Waals surface area contributed by atoms with Crippen molar-refractivity contribution in [1.82, 2.24) is 15.1 Å². The fourth-order valence-electron chi connectivity index (χ4n) is 3.48. The number of rotatable bonds is 5. The molecule has 3 aromatic rings. The van der Waals surface area contributed by atoms with Crippen molar-refractivity contribution < 1.29 is 22.7 Å². The van der Waals surface area contributed by atoms with Gasteiger partial charge in [-0.1, -0.05) is 16.7 Å². The second kappa shape index (κ2) is 7.91. The lowest BCUT2D eigenvalue weighted by Gasteiger charge is -2.19. The molecule has 1 N–H and O–H groups in total. The molecule has 1 aromatic heterocycles. The first-order valence-electron chi connectivity index (χ1n) is 9.01. The number of aromatic nitrogens is 2. The zero-order valence-corrected chi connectivity index (χ0v) is 16.8. The molecule has 1 unspecified atom stereocenters. The van der Waals surface area contributed by atoms with Crippen molar-refractivity contribution in [1.29, 1.82) is 0 Å². The molecule has 2 heterocycles. The minimum Gasteiger partial charge on any atom is -0.497 e. The lowest BCUT2D eigenvalue weighted by molar-refractivity contribution is -0.127. The molecule has 1 amide bonds. The van der Waals surface area contributed by atoms with Gasteiger partial charge in [0.15, 0.2) is 0 Å². The number of ether oxygens (including phenoxy) is 1. The molecular weight excluding hydrogens is 418 g/mol. The third-order valence-electron chi connectivity index (χ3n) is 4.97. The maximum Gasteiger partial charge on any atom is 0.316 e. The summed E-state index contributed by atoms with van der Waals surface area (Å²) < 4.78 is 39.7. The van der Waals surface area contributed by atoms with E-state index >= 15 is 0 Å². The molecule has 1 aliphatic heterocycles. The van der Waals surface area contributed by atoms with Crippen LogP contribution in [0.5, 0.6) is 5.75 Å². The van der Waals surface area contributed by atoms with Crippen LogP contribution in [0.2, 0.25) is 5.02 Å². The molecule has 4 rings (SSSR count). The number of carbonyl (C=O) groups is 1. The van der Waals surface area contributed by atoms with Gasteiger partial charge in [0.2, 0.25) is 11.8 Å². The van der Waals surface area contributed by atoms with Gasteiger partial charge in [-0.2, -0.15) is 0 Å². The van der Waals surface area contributed by atoms with Crippen LogP contribution in [-0.2, 0) is 4.79 Å². The Morgan fingerprint density at radius 1 is 1.20 bits per heavy atom. The average Bonchev–Trinajstić information content (AvgIpc) is 3.29. The summed E-state index contributed by atoms with van der Waals surface area (Å²) in [6.45, 7) is 0.120. The zero-order valence-electron chi connectivity index (χ0n) is 16.0. The molecule has 7 nitrogen and oxygen atoms in total. The van der Waals surface area contributed by atoms with Crippen LogP contribution >= 0.6 is 11.6 Å². The van der Waals surface area contributed by atoms with Gasteiger partial charge in [-0.25, -0.2) is 8.78 Å². The second-order valence-corrected chi connectivity index (χ2v) is 7.31. The third-order valence-corrected chi connectivity index (χ3v) is 5.22. The van der Waals surface area contributed by atoms with Crippen LogP contribution in [0, 0.1) is 11.6 Å². The van der Waals surface area contributed by atoms with E-state index in [1.54, 1.807) is 31.3 Å². The Morgan fingerprint density at radius 3 is 2.50 bits per heavy atom. The molecule has 1 fully saturated rings. The summed E-state index contributed by atoms with van der Waals surface area (Å²) in [6.07, 6.45) is 0. The number of carbonyl (C=O) groups excluding carboxylic acids is 1. The van der Waals surface area contributed by atoms with Crippen molar-refractivity contribution in [2.75, 3.05) is 26.0 Å². The van der Waals surface area contributed by atoms with Gasteiger partial charge in [0, 0.05) is 47.8 Å². The predicted octanol–water partition coefficient (Wildman–Crippen LogP) is 3.71. The summed E-state index contributed by atoms with van der Waals surface area (Å²) in [5.41, 5.74) is 0.432. The number of hydrogen-bond donors (Lipinski definition) is 1. The van der Waals surface area contributed by atoms with Crippen LogP contribution in [0.1, 0.15) is 11.5 Å². The molecular formula is C20H17ClF2N4O3. The monoisotopic (exact) mass is 434 g/mol. The predicted molar refractivity (Wildman–Crippen MR) is 105 cm³/mol. The number of likely N-dealkylation sites (tertiary alicyclic amines) is 1. The van der Waals surface area contributed by atoms with E-state index in [0.29, 0.717) is 10.6 Å². The van der Waals surface area contributed by atoms with Gasteiger partial charge in [-0.15, -0.1) is 5.10 Å². The lowest BCUT2D eigenvalue weighted by Crippen LogP contribution is -2.33. The van der Waals surface area contributed by atoms with Gasteiger partial charge in [0.1, 0.15) is 23.4 Å². The quantitative estimate of drug-likeness (QED) is 0.659. The summed E-state index contributed by atoms with van der Waals surface area (Å²) in [4.78, 5) is 14.0. The fourth-order valence-corrected chi connectivity index (χ4v) is 3.60. The number of amides is 1. The summed E-state index contributed by atoms with van der Waals surface area (Å²) in [6, 6.07) is 7.92. The van der Waals surface area contributed by atoms with E-state index < -0.39 is 23.6 Å². The average molecular weight is 435 g/mol. The van der Waals surface area contributed by atoms with E-state index in [0.717, 1.165) is 12.1 Å². The molecule has 0 saturated carbocycles. The number of methoxy groups -OCH3 is 1. The molecule has 0 bridgehead atoms. The van der Waals surface area contributed by atoms with Crippen molar-refractivity contribution in [3.63, 3.8) is 0 Å².